The van der Waals surface area contributed by atoms with E-state index in [-0.39, 0.29) is 18.3 Å². The van der Waals surface area contributed by atoms with Crippen molar-refractivity contribution >= 4 is 24.5 Å². The largest absolute Gasteiger partial charge is 0.444 e. The monoisotopic (exact) mass is 575 g/mol. The van der Waals surface area contributed by atoms with Crippen LogP contribution in [0.2, 0.25) is 18.1 Å². The maximum Gasteiger partial charge on any atom is 0.408 e. The molecule has 10 nitrogen and oxygen atoms in total. The second kappa shape index (κ2) is 12.8. The third kappa shape index (κ3) is 9.89. The Bertz CT molecular complexity index is 1010. The van der Waals surface area contributed by atoms with E-state index >= 15 is 0 Å². The van der Waals surface area contributed by atoms with Crippen LogP contribution in [0.15, 0.2) is 30.3 Å². The molecule has 1 aliphatic heterocycles. The summed E-state index contributed by atoms with van der Waals surface area (Å²) in [5.74, 6) is 0. The summed E-state index contributed by atoms with van der Waals surface area (Å²) in [5.41, 5.74) is 0.0984. The van der Waals surface area contributed by atoms with E-state index in [1.54, 1.807) is 20.8 Å². The molecule has 5 atom stereocenters. The molecule has 0 radical (unpaired) electrons. The van der Waals surface area contributed by atoms with E-state index in [1.807, 2.05) is 30.3 Å². The third-order valence-corrected chi connectivity index (χ3v) is 11.6. The highest BCUT2D eigenvalue weighted by molar-refractivity contribution is 7.86. The van der Waals surface area contributed by atoms with Crippen molar-refractivity contribution in [3.63, 3.8) is 0 Å². The van der Waals surface area contributed by atoms with Gasteiger partial charge in [-0.25, -0.2) is 4.79 Å². The molecule has 1 N–H and O–H groups in total. The minimum Gasteiger partial charge on any atom is -0.444 e. The average Bonchev–Trinajstić information content (AvgIpc) is 2.75. The van der Waals surface area contributed by atoms with E-state index in [2.05, 4.69) is 39.2 Å². The molecule has 218 valence electrons. The first-order chi connectivity index (χ1) is 17.3. The molecule has 1 fully saturated rings. The summed E-state index contributed by atoms with van der Waals surface area (Å²) in [5, 5.41) is 2.67. The number of hydrogen-bond acceptors (Lipinski definition) is 9. The molecule has 0 aliphatic carbocycles. The van der Waals surface area contributed by atoms with Crippen molar-refractivity contribution in [2.45, 2.75) is 103 Å². The first-order valence-corrected chi connectivity index (χ1v) is 17.4. The van der Waals surface area contributed by atoms with E-state index in [4.69, 9.17) is 27.6 Å². The molecule has 1 aromatic carbocycles. The van der Waals surface area contributed by atoms with E-state index in [0.29, 0.717) is 0 Å². The topological polar surface area (TPSA) is 119 Å². The molecule has 1 aromatic rings. The second-order valence-corrected chi connectivity index (χ2v) is 18.5. The molecular formula is C26H45NO9SSi. The number of carbonyl (C=O) groups is 1. The fourth-order valence-electron chi connectivity index (χ4n) is 3.63. The Morgan fingerprint density at radius 1 is 1.05 bits per heavy atom. The Kier molecular flexibility index (Phi) is 11.0. The number of carbonyl (C=O) groups excluding carboxylic acids is 1. The Labute approximate surface area is 228 Å². The van der Waals surface area contributed by atoms with Gasteiger partial charge in [0.15, 0.2) is 14.6 Å². The molecule has 1 aliphatic rings. The number of rotatable bonds is 10. The quantitative estimate of drug-likeness (QED) is 0.323. The van der Waals surface area contributed by atoms with Crippen LogP contribution < -0.4 is 5.32 Å². The summed E-state index contributed by atoms with van der Waals surface area (Å²) < 4.78 is 60.2. The summed E-state index contributed by atoms with van der Waals surface area (Å²) in [7, 11) is -4.74. The summed E-state index contributed by atoms with van der Waals surface area (Å²) in [6, 6.07) is 8.45. The molecule has 0 unspecified atom stereocenters. The lowest BCUT2D eigenvalue weighted by Crippen LogP contribution is -2.66. The van der Waals surface area contributed by atoms with Gasteiger partial charge in [-0.1, -0.05) is 51.1 Å². The number of hydrogen-bond donors (Lipinski definition) is 1. The first-order valence-electron chi connectivity index (χ1n) is 12.7. The van der Waals surface area contributed by atoms with Crippen LogP contribution in [-0.4, -0.2) is 79.0 Å². The molecule has 12 heteroatoms. The molecule has 38 heavy (non-hydrogen) atoms. The molecule has 2 rings (SSSR count). The van der Waals surface area contributed by atoms with Gasteiger partial charge in [0.05, 0.1) is 19.5 Å². The predicted octanol–water partition coefficient (Wildman–Crippen LogP) is 4.20. The van der Waals surface area contributed by atoms with Crippen LogP contribution in [0.25, 0.3) is 0 Å². The molecule has 1 heterocycles. The zero-order valence-electron chi connectivity index (χ0n) is 24.3. The average molecular weight is 576 g/mol. The highest BCUT2D eigenvalue weighted by Gasteiger charge is 2.51. The van der Waals surface area contributed by atoms with E-state index in [1.165, 1.54) is 7.11 Å². The van der Waals surface area contributed by atoms with Gasteiger partial charge in [-0.3, -0.25) is 4.18 Å². The lowest BCUT2D eigenvalue weighted by atomic mass is 9.96. The Balaban J connectivity index is 2.45. The minimum atomic E-state index is -3.95. The Morgan fingerprint density at radius 3 is 2.16 bits per heavy atom. The van der Waals surface area contributed by atoms with Crippen molar-refractivity contribution < 1.29 is 40.8 Å². The van der Waals surface area contributed by atoms with Gasteiger partial charge in [0.2, 0.25) is 0 Å². The number of alkyl carbamates (subject to hydrolysis) is 1. The number of methoxy groups -OCH3 is 1. The zero-order valence-corrected chi connectivity index (χ0v) is 26.1. The normalized spacial score (nSPS) is 25.2. The van der Waals surface area contributed by atoms with Crippen molar-refractivity contribution in [2.75, 3.05) is 20.0 Å². The van der Waals surface area contributed by atoms with Crippen LogP contribution in [0.5, 0.6) is 0 Å². The van der Waals surface area contributed by atoms with Gasteiger partial charge in [-0.2, -0.15) is 8.42 Å². The van der Waals surface area contributed by atoms with E-state index < -0.39 is 60.8 Å². The first kappa shape index (κ1) is 32.7. The molecule has 1 saturated heterocycles. The van der Waals surface area contributed by atoms with Crippen LogP contribution in [0, 0.1) is 0 Å². The molecule has 0 bridgehead atoms. The fraction of sp³-hybridized carbons (Fsp3) is 0.731. The van der Waals surface area contributed by atoms with Gasteiger partial charge in [0.1, 0.15) is 30.0 Å². The maximum atomic E-state index is 12.8. The molecule has 0 saturated carbocycles. The molecule has 0 aromatic heterocycles. The maximum absolute atomic E-state index is 12.8. The van der Waals surface area contributed by atoms with Gasteiger partial charge in [0, 0.05) is 7.11 Å². The highest BCUT2D eigenvalue weighted by Crippen LogP contribution is 2.37. The van der Waals surface area contributed by atoms with Crippen molar-refractivity contribution in [2.24, 2.45) is 0 Å². The van der Waals surface area contributed by atoms with Crippen LogP contribution in [0.1, 0.15) is 47.1 Å². The van der Waals surface area contributed by atoms with Crippen molar-refractivity contribution in [3.05, 3.63) is 35.9 Å². The van der Waals surface area contributed by atoms with E-state index in [0.717, 1.165) is 11.8 Å². The smallest absolute Gasteiger partial charge is 0.408 e. The van der Waals surface area contributed by atoms with Crippen LogP contribution in [-0.2, 0) is 44.3 Å². The lowest BCUT2D eigenvalue weighted by Gasteiger charge is -2.46. The third-order valence-electron chi connectivity index (χ3n) is 6.55. The van der Waals surface area contributed by atoms with Gasteiger partial charge >= 0.3 is 6.09 Å². The van der Waals surface area contributed by atoms with Gasteiger partial charge in [-0.15, -0.1) is 0 Å². The van der Waals surface area contributed by atoms with Crippen molar-refractivity contribution in [1.82, 2.24) is 5.32 Å². The summed E-state index contributed by atoms with van der Waals surface area (Å²) in [4.78, 5) is 12.8. The second-order valence-electron chi connectivity index (χ2n) is 12.0. The summed E-state index contributed by atoms with van der Waals surface area (Å²) >= 11 is 0. The SMILES string of the molecule is CO[C@H]1O[C@H](CO[Si](C)(C)C(C)(C)C)[C@@H](OS(C)(=O)=O)[C@@H](OCc2ccccc2)[C@@H]1NC(=O)OC(C)(C)C. The Hall–Kier alpha value is -1.54. The zero-order chi connectivity index (χ0) is 28.9. The van der Waals surface area contributed by atoms with Gasteiger partial charge in [0.25, 0.3) is 10.1 Å². The standard InChI is InChI=1S/C26H45NO9SSi/c1-25(2,3)35-24(28)27-20-22(32-16-18-14-12-11-13-15-18)21(36-37(8,29)30)19(34-23(20)31-7)17-33-38(9,10)26(4,5)6/h11-15,19-23H,16-17H2,1-10H3,(H,27,28)/t19-,20+,21-,22+,23+/m1/s1. The van der Waals surface area contributed by atoms with Crippen LogP contribution >= 0.6 is 0 Å². The van der Waals surface area contributed by atoms with Gasteiger partial charge in [-0.05, 0) is 44.5 Å². The van der Waals surface area contributed by atoms with Crippen LogP contribution in [0.4, 0.5) is 4.79 Å². The summed E-state index contributed by atoms with van der Waals surface area (Å²) in [6.07, 6.45) is -3.73. The van der Waals surface area contributed by atoms with E-state index in [9.17, 15) is 13.2 Å². The fourth-order valence-corrected chi connectivity index (χ4v) is 5.28. The molecular weight excluding hydrogens is 530 g/mol. The number of nitrogens with one attached hydrogen (secondary N) is 1. The number of amides is 1. The number of ether oxygens (including phenoxy) is 4. The predicted molar refractivity (Wildman–Crippen MR) is 147 cm³/mol. The summed E-state index contributed by atoms with van der Waals surface area (Å²) in [6.45, 7) is 15.9. The van der Waals surface area contributed by atoms with Crippen LogP contribution in [0.3, 0.4) is 0 Å². The Morgan fingerprint density at radius 2 is 1.66 bits per heavy atom. The molecule has 0 spiro atoms. The van der Waals surface area contributed by atoms with Crippen molar-refractivity contribution in [3.8, 4) is 0 Å². The molecule has 1 amide bonds. The van der Waals surface area contributed by atoms with Gasteiger partial charge < -0.3 is 28.7 Å². The number of benzene rings is 1. The lowest BCUT2D eigenvalue weighted by molar-refractivity contribution is -0.265. The highest BCUT2D eigenvalue weighted by atomic mass is 32.2. The minimum absolute atomic E-state index is 0.0564. The van der Waals surface area contributed by atoms with Crippen molar-refractivity contribution in [1.29, 1.82) is 0 Å².